The van der Waals surface area contributed by atoms with Crippen LogP contribution in [0, 0.1) is 13.8 Å². The fourth-order valence-corrected chi connectivity index (χ4v) is 4.62. The predicted molar refractivity (Wildman–Crippen MR) is 121 cm³/mol. The maximum atomic E-state index is 12.2. The molecule has 2 aromatic carbocycles. The second-order valence-corrected chi connectivity index (χ2v) is 8.21. The van der Waals surface area contributed by atoms with Crippen LogP contribution in [0.1, 0.15) is 28.3 Å². The van der Waals surface area contributed by atoms with Gasteiger partial charge in [0.05, 0.1) is 0 Å². The summed E-state index contributed by atoms with van der Waals surface area (Å²) in [5, 5.41) is 11.1. The molecular weight excluding hydrogens is 376 g/mol. The standard InChI is InChI=1S/C24H30N4O2/c1-16-3-6-22(17(2)13-16)27-9-11-28(12-10-27)23(24(29)30)18-4-5-21-20(14-18)19(7-8-25)15-26-21/h3-6,13-15,23,26H,7-12,25H2,1-2H3,(H,29,30). The molecule has 1 aromatic heterocycles. The Morgan fingerprint density at radius 1 is 1.13 bits per heavy atom. The number of aromatic nitrogens is 1. The maximum absolute atomic E-state index is 12.2. The van der Waals surface area contributed by atoms with Crippen LogP contribution in [0.2, 0.25) is 0 Å². The van der Waals surface area contributed by atoms with Crippen molar-refractivity contribution in [2.75, 3.05) is 37.6 Å². The average Bonchev–Trinajstić information content (AvgIpc) is 3.11. The van der Waals surface area contributed by atoms with Crippen LogP contribution in [0.4, 0.5) is 5.69 Å². The summed E-state index contributed by atoms with van der Waals surface area (Å²) in [6.45, 7) is 7.87. The zero-order valence-electron chi connectivity index (χ0n) is 17.7. The fourth-order valence-electron chi connectivity index (χ4n) is 4.62. The summed E-state index contributed by atoms with van der Waals surface area (Å²) in [4.78, 5) is 19.9. The number of nitrogens with zero attached hydrogens (tertiary/aromatic N) is 2. The molecule has 4 N–H and O–H groups in total. The first-order chi connectivity index (χ1) is 14.5. The van der Waals surface area contributed by atoms with Gasteiger partial charge in [0.2, 0.25) is 0 Å². The van der Waals surface area contributed by atoms with Crippen molar-refractivity contribution in [1.29, 1.82) is 0 Å². The van der Waals surface area contributed by atoms with E-state index in [1.165, 1.54) is 16.8 Å². The molecule has 0 amide bonds. The van der Waals surface area contributed by atoms with Crippen LogP contribution >= 0.6 is 0 Å². The number of benzene rings is 2. The SMILES string of the molecule is Cc1ccc(N2CCN(C(C(=O)O)c3ccc4[nH]cc(CCN)c4c3)CC2)c(C)c1. The van der Waals surface area contributed by atoms with Crippen LogP contribution < -0.4 is 10.6 Å². The molecule has 1 saturated heterocycles. The summed E-state index contributed by atoms with van der Waals surface area (Å²) >= 11 is 0. The van der Waals surface area contributed by atoms with Crippen molar-refractivity contribution in [2.24, 2.45) is 5.73 Å². The highest BCUT2D eigenvalue weighted by Crippen LogP contribution is 2.29. The number of nitrogens with one attached hydrogen (secondary N) is 1. The third kappa shape index (κ3) is 3.93. The van der Waals surface area contributed by atoms with Gasteiger partial charge < -0.3 is 20.7 Å². The first-order valence-corrected chi connectivity index (χ1v) is 10.6. The van der Waals surface area contributed by atoms with Gasteiger partial charge in [-0.1, -0.05) is 23.8 Å². The quantitative estimate of drug-likeness (QED) is 0.585. The monoisotopic (exact) mass is 406 g/mol. The van der Waals surface area contributed by atoms with Crippen LogP contribution in [-0.2, 0) is 11.2 Å². The molecule has 1 aliphatic heterocycles. The van der Waals surface area contributed by atoms with Gasteiger partial charge in [-0.3, -0.25) is 9.69 Å². The van der Waals surface area contributed by atoms with Crippen molar-refractivity contribution in [3.05, 3.63) is 64.8 Å². The van der Waals surface area contributed by atoms with E-state index in [0.29, 0.717) is 19.6 Å². The number of fused-ring (bicyclic) bond motifs is 1. The number of carboxylic acid groups (broad SMARTS) is 1. The van der Waals surface area contributed by atoms with Gasteiger partial charge in [-0.2, -0.15) is 0 Å². The van der Waals surface area contributed by atoms with Gasteiger partial charge in [0.25, 0.3) is 0 Å². The molecule has 0 bridgehead atoms. The highest BCUT2D eigenvalue weighted by atomic mass is 16.4. The van der Waals surface area contributed by atoms with Crippen molar-refractivity contribution in [2.45, 2.75) is 26.3 Å². The highest BCUT2D eigenvalue weighted by molar-refractivity contribution is 5.86. The molecule has 0 aliphatic carbocycles. The third-order valence-corrected chi connectivity index (χ3v) is 6.13. The molecule has 4 rings (SSSR count). The van der Waals surface area contributed by atoms with Gasteiger partial charge in [-0.25, -0.2) is 0 Å². The topological polar surface area (TPSA) is 85.6 Å². The Kier molecular flexibility index (Phi) is 5.79. The Bertz CT molecular complexity index is 1050. The van der Waals surface area contributed by atoms with E-state index in [0.717, 1.165) is 41.5 Å². The number of H-pyrrole nitrogens is 1. The van der Waals surface area contributed by atoms with E-state index in [1.54, 1.807) is 0 Å². The van der Waals surface area contributed by atoms with Crippen LogP contribution in [0.5, 0.6) is 0 Å². The molecule has 1 atom stereocenters. The number of piperazine rings is 1. The van der Waals surface area contributed by atoms with Gasteiger partial charge in [0.1, 0.15) is 6.04 Å². The number of carboxylic acids is 1. The van der Waals surface area contributed by atoms with Crippen molar-refractivity contribution in [3.63, 3.8) is 0 Å². The van der Waals surface area contributed by atoms with E-state index < -0.39 is 12.0 Å². The lowest BCUT2D eigenvalue weighted by Gasteiger charge is -2.39. The second-order valence-electron chi connectivity index (χ2n) is 8.21. The van der Waals surface area contributed by atoms with E-state index >= 15 is 0 Å². The van der Waals surface area contributed by atoms with Gasteiger partial charge >= 0.3 is 5.97 Å². The average molecular weight is 407 g/mol. The van der Waals surface area contributed by atoms with Gasteiger partial charge in [0, 0.05) is 49.0 Å². The number of carbonyl (C=O) groups is 1. The lowest BCUT2D eigenvalue weighted by molar-refractivity contribution is -0.143. The fraction of sp³-hybridized carbons (Fsp3) is 0.375. The first kappa shape index (κ1) is 20.4. The molecule has 1 aliphatic rings. The molecule has 1 unspecified atom stereocenters. The van der Waals surface area contributed by atoms with Crippen molar-refractivity contribution >= 4 is 22.6 Å². The Morgan fingerprint density at radius 2 is 1.90 bits per heavy atom. The van der Waals surface area contributed by atoms with Gasteiger partial charge in [0.15, 0.2) is 0 Å². The molecule has 1 fully saturated rings. The summed E-state index contributed by atoms with van der Waals surface area (Å²) in [7, 11) is 0. The van der Waals surface area contributed by atoms with Crippen molar-refractivity contribution in [3.8, 4) is 0 Å². The molecule has 0 radical (unpaired) electrons. The molecule has 158 valence electrons. The number of hydrogen-bond donors (Lipinski definition) is 3. The lowest BCUT2D eigenvalue weighted by Crippen LogP contribution is -2.49. The Balaban J connectivity index is 1.55. The molecule has 2 heterocycles. The molecule has 6 heteroatoms. The molecule has 3 aromatic rings. The summed E-state index contributed by atoms with van der Waals surface area (Å²) in [6.07, 6.45) is 2.75. The second kappa shape index (κ2) is 8.50. The minimum absolute atomic E-state index is 0.569. The molecule has 0 saturated carbocycles. The molecule has 0 spiro atoms. The van der Waals surface area contributed by atoms with Crippen LogP contribution in [0.15, 0.2) is 42.6 Å². The van der Waals surface area contributed by atoms with Crippen LogP contribution in [0.25, 0.3) is 10.9 Å². The van der Waals surface area contributed by atoms with Crippen LogP contribution in [-0.4, -0.2) is 53.7 Å². The zero-order valence-corrected chi connectivity index (χ0v) is 17.7. The number of anilines is 1. The third-order valence-electron chi connectivity index (χ3n) is 6.13. The Labute approximate surface area is 177 Å². The van der Waals surface area contributed by atoms with E-state index in [1.807, 2.05) is 24.4 Å². The number of hydrogen-bond acceptors (Lipinski definition) is 4. The first-order valence-electron chi connectivity index (χ1n) is 10.6. The van der Waals surface area contributed by atoms with E-state index in [-0.39, 0.29) is 0 Å². The number of aliphatic carboxylic acids is 1. The van der Waals surface area contributed by atoms with Gasteiger partial charge in [-0.15, -0.1) is 0 Å². The largest absolute Gasteiger partial charge is 0.480 e. The minimum atomic E-state index is -0.801. The van der Waals surface area contributed by atoms with Gasteiger partial charge in [-0.05, 0) is 61.7 Å². The summed E-state index contributed by atoms with van der Waals surface area (Å²) < 4.78 is 0. The highest BCUT2D eigenvalue weighted by Gasteiger charge is 2.31. The molecular formula is C24H30N4O2. The normalized spacial score (nSPS) is 16.2. The molecule has 6 nitrogen and oxygen atoms in total. The predicted octanol–water partition coefficient (Wildman–Crippen LogP) is 3.23. The number of aryl methyl sites for hydroxylation is 2. The van der Waals surface area contributed by atoms with Crippen molar-refractivity contribution < 1.29 is 9.90 Å². The number of nitrogens with two attached hydrogens (primary N) is 1. The summed E-state index contributed by atoms with van der Waals surface area (Å²) in [5.41, 5.74) is 12.5. The van der Waals surface area contributed by atoms with Crippen LogP contribution in [0.3, 0.4) is 0 Å². The lowest BCUT2D eigenvalue weighted by atomic mass is 10.00. The van der Waals surface area contributed by atoms with E-state index in [2.05, 4.69) is 46.8 Å². The summed E-state index contributed by atoms with van der Waals surface area (Å²) in [6, 6.07) is 11.8. The summed E-state index contributed by atoms with van der Waals surface area (Å²) in [5.74, 6) is -0.801. The van der Waals surface area contributed by atoms with Crippen molar-refractivity contribution in [1.82, 2.24) is 9.88 Å². The smallest absolute Gasteiger partial charge is 0.325 e. The Morgan fingerprint density at radius 3 is 2.57 bits per heavy atom. The molecule has 30 heavy (non-hydrogen) atoms. The number of rotatable bonds is 6. The minimum Gasteiger partial charge on any atom is -0.480 e. The number of aromatic amines is 1. The van der Waals surface area contributed by atoms with E-state index in [4.69, 9.17) is 5.73 Å². The zero-order chi connectivity index (χ0) is 21.3. The van der Waals surface area contributed by atoms with E-state index in [9.17, 15) is 9.90 Å². The maximum Gasteiger partial charge on any atom is 0.325 e. The Hall–Kier alpha value is -2.83.